The van der Waals surface area contributed by atoms with E-state index in [0.29, 0.717) is 30.4 Å². The van der Waals surface area contributed by atoms with E-state index in [1.807, 2.05) is 18.2 Å². The average Bonchev–Trinajstić information content (AvgIpc) is 3.06. The van der Waals surface area contributed by atoms with E-state index in [1.165, 1.54) is 11.6 Å². The molecule has 3 rings (SSSR count). The van der Waals surface area contributed by atoms with E-state index in [0.717, 1.165) is 5.56 Å². The molecule has 0 saturated carbocycles. The first-order chi connectivity index (χ1) is 12.5. The summed E-state index contributed by atoms with van der Waals surface area (Å²) in [6.07, 6.45) is 2.92. The molecule has 0 spiro atoms. The van der Waals surface area contributed by atoms with Crippen LogP contribution in [-0.2, 0) is 9.53 Å². The smallest absolute Gasteiger partial charge is 0.414 e. The summed E-state index contributed by atoms with van der Waals surface area (Å²) >= 11 is 0. The largest absolute Gasteiger partial charge is 0.447 e. The van der Waals surface area contributed by atoms with E-state index < -0.39 is 0 Å². The van der Waals surface area contributed by atoms with Gasteiger partial charge in [-0.05, 0) is 41.3 Å². The molecule has 5 heteroatoms. The van der Waals surface area contributed by atoms with Gasteiger partial charge in [-0.25, -0.2) is 4.79 Å². The molecule has 1 heterocycles. The SMILES string of the molecule is CC(C)c1ccc(/C=C/C(=O)Nc2cccc(N3CCOC3=O)c2)cc1. The molecule has 1 saturated heterocycles. The number of nitrogens with one attached hydrogen (secondary N) is 1. The van der Waals surface area contributed by atoms with Crippen LogP contribution < -0.4 is 10.2 Å². The van der Waals surface area contributed by atoms with Gasteiger partial charge in [-0.2, -0.15) is 0 Å². The third-order valence-corrected chi connectivity index (χ3v) is 4.22. The number of carbonyl (C=O) groups is 2. The van der Waals surface area contributed by atoms with Gasteiger partial charge in [0, 0.05) is 17.5 Å². The Morgan fingerprint density at radius 3 is 2.62 bits per heavy atom. The van der Waals surface area contributed by atoms with Crippen molar-refractivity contribution < 1.29 is 14.3 Å². The number of amides is 2. The normalized spacial score (nSPS) is 14.1. The maximum Gasteiger partial charge on any atom is 0.414 e. The summed E-state index contributed by atoms with van der Waals surface area (Å²) in [5, 5.41) is 2.82. The van der Waals surface area contributed by atoms with Crippen molar-refractivity contribution in [2.75, 3.05) is 23.4 Å². The number of anilines is 2. The molecule has 0 aromatic heterocycles. The van der Waals surface area contributed by atoms with Crippen LogP contribution in [0.3, 0.4) is 0 Å². The standard InChI is InChI=1S/C21H22N2O3/c1-15(2)17-9-6-16(7-10-17)8-11-20(24)22-18-4-3-5-19(14-18)23-12-13-26-21(23)25/h3-11,14-15H,12-13H2,1-2H3,(H,22,24)/b11-8+. The molecule has 1 fully saturated rings. The van der Waals surface area contributed by atoms with Gasteiger partial charge < -0.3 is 10.1 Å². The van der Waals surface area contributed by atoms with Gasteiger partial charge in [-0.15, -0.1) is 0 Å². The Morgan fingerprint density at radius 1 is 1.19 bits per heavy atom. The molecule has 2 aromatic carbocycles. The molecule has 26 heavy (non-hydrogen) atoms. The highest BCUT2D eigenvalue weighted by atomic mass is 16.6. The second-order valence-electron chi connectivity index (χ2n) is 6.46. The van der Waals surface area contributed by atoms with Gasteiger partial charge in [-0.1, -0.05) is 44.2 Å². The minimum atomic E-state index is -0.363. The number of hydrogen-bond donors (Lipinski definition) is 1. The molecular weight excluding hydrogens is 328 g/mol. The van der Waals surface area contributed by atoms with E-state index in [9.17, 15) is 9.59 Å². The van der Waals surface area contributed by atoms with Gasteiger partial charge in [0.1, 0.15) is 6.61 Å². The zero-order valence-corrected chi connectivity index (χ0v) is 14.9. The van der Waals surface area contributed by atoms with Gasteiger partial charge in [0.2, 0.25) is 5.91 Å². The first-order valence-electron chi connectivity index (χ1n) is 8.66. The molecule has 5 nitrogen and oxygen atoms in total. The fourth-order valence-corrected chi connectivity index (χ4v) is 2.73. The van der Waals surface area contributed by atoms with Crippen LogP contribution in [0.5, 0.6) is 0 Å². The van der Waals surface area contributed by atoms with Gasteiger partial charge in [0.25, 0.3) is 0 Å². The maximum atomic E-state index is 12.2. The van der Waals surface area contributed by atoms with Crippen molar-refractivity contribution in [3.05, 3.63) is 65.7 Å². The number of carbonyl (C=O) groups excluding carboxylic acids is 2. The van der Waals surface area contributed by atoms with E-state index in [-0.39, 0.29) is 12.0 Å². The Hall–Kier alpha value is -3.08. The highest BCUT2D eigenvalue weighted by Gasteiger charge is 2.23. The lowest BCUT2D eigenvalue weighted by Gasteiger charge is -2.13. The molecule has 0 unspecified atom stereocenters. The van der Waals surface area contributed by atoms with Crippen molar-refractivity contribution in [3.8, 4) is 0 Å². The molecule has 0 bridgehead atoms. The summed E-state index contributed by atoms with van der Waals surface area (Å²) in [5.74, 6) is 0.260. The van der Waals surface area contributed by atoms with E-state index >= 15 is 0 Å². The Kier molecular flexibility index (Phi) is 5.37. The predicted octanol–water partition coefficient (Wildman–Crippen LogP) is 4.42. The number of benzene rings is 2. The van der Waals surface area contributed by atoms with Crippen molar-refractivity contribution in [3.63, 3.8) is 0 Å². The lowest BCUT2D eigenvalue weighted by molar-refractivity contribution is -0.111. The van der Waals surface area contributed by atoms with Gasteiger partial charge in [0.05, 0.1) is 6.54 Å². The minimum Gasteiger partial charge on any atom is -0.447 e. The minimum absolute atomic E-state index is 0.223. The first-order valence-corrected chi connectivity index (χ1v) is 8.66. The van der Waals surface area contributed by atoms with Gasteiger partial charge in [-0.3, -0.25) is 9.69 Å². The second kappa shape index (κ2) is 7.87. The Bertz CT molecular complexity index is 825. The summed E-state index contributed by atoms with van der Waals surface area (Å²) in [7, 11) is 0. The predicted molar refractivity (Wildman–Crippen MR) is 103 cm³/mol. The molecule has 0 radical (unpaired) electrons. The number of hydrogen-bond acceptors (Lipinski definition) is 3. The first kappa shape index (κ1) is 17.7. The van der Waals surface area contributed by atoms with E-state index in [2.05, 4.69) is 31.3 Å². The zero-order valence-electron chi connectivity index (χ0n) is 14.9. The molecule has 2 aromatic rings. The highest BCUT2D eigenvalue weighted by molar-refractivity contribution is 6.02. The molecule has 1 N–H and O–H groups in total. The van der Waals surface area contributed by atoms with E-state index in [4.69, 9.17) is 4.74 Å². The maximum absolute atomic E-state index is 12.2. The monoisotopic (exact) mass is 350 g/mol. The average molecular weight is 350 g/mol. The summed E-state index contributed by atoms with van der Waals surface area (Å²) in [4.78, 5) is 25.3. The van der Waals surface area contributed by atoms with Crippen molar-refractivity contribution in [1.29, 1.82) is 0 Å². The summed E-state index contributed by atoms with van der Waals surface area (Å²) in [6.45, 7) is 5.19. The second-order valence-corrected chi connectivity index (χ2v) is 6.46. The quantitative estimate of drug-likeness (QED) is 0.812. The van der Waals surface area contributed by atoms with Crippen molar-refractivity contribution in [1.82, 2.24) is 0 Å². The molecule has 1 aliphatic rings. The zero-order chi connectivity index (χ0) is 18.5. The molecule has 0 aliphatic carbocycles. The van der Waals surface area contributed by atoms with Crippen molar-refractivity contribution in [2.45, 2.75) is 19.8 Å². The Labute approximate surface area is 153 Å². The van der Waals surface area contributed by atoms with Crippen LogP contribution in [0.1, 0.15) is 30.9 Å². The fourth-order valence-electron chi connectivity index (χ4n) is 2.73. The van der Waals surface area contributed by atoms with Crippen LogP contribution in [0.2, 0.25) is 0 Å². The fraction of sp³-hybridized carbons (Fsp3) is 0.238. The van der Waals surface area contributed by atoms with Crippen LogP contribution in [0, 0.1) is 0 Å². The van der Waals surface area contributed by atoms with Crippen LogP contribution >= 0.6 is 0 Å². The third kappa shape index (κ3) is 4.30. The number of rotatable bonds is 5. The summed E-state index contributed by atoms with van der Waals surface area (Å²) in [6, 6.07) is 15.3. The van der Waals surface area contributed by atoms with Gasteiger partial charge >= 0.3 is 6.09 Å². The third-order valence-electron chi connectivity index (χ3n) is 4.22. The highest BCUT2D eigenvalue weighted by Crippen LogP contribution is 2.22. The molecule has 134 valence electrons. The molecule has 2 amide bonds. The van der Waals surface area contributed by atoms with Crippen molar-refractivity contribution >= 4 is 29.5 Å². The number of nitrogens with zero attached hydrogens (tertiary/aromatic N) is 1. The summed E-state index contributed by atoms with van der Waals surface area (Å²) < 4.78 is 4.94. The Balaban J connectivity index is 1.63. The molecular formula is C21H22N2O3. The van der Waals surface area contributed by atoms with Crippen LogP contribution in [0.25, 0.3) is 6.08 Å². The van der Waals surface area contributed by atoms with Crippen LogP contribution in [-0.4, -0.2) is 25.2 Å². The lowest BCUT2D eigenvalue weighted by Crippen LogP contribution is -2.23. The Morgan fingerprint density at radius 2 is 1.96 bits per heavy atom. The molecule has 0 atom stereocenters. The van der Waals surface area contributed by atoms with E-state index in [1.54, 1.807) is 29.2 Å². The summed E-state index contributed by atoms with van der Waals surface area (Å²) in [5.41, 5.74) is 3.58. The van der Waals surface area contributed by atoms with Crippen molar-refractivity contribution in [2.24, 2.45) is 0 Å². The topological polar surface area (TPSA) is 58.6 Å². The molecule has 1 aliphatic heterocycles. The number of ether oxygens (including phenoxy) is 1. The van der Waals surface area contributed by atoms with Gasteiger partial charge in [0.15, 0.2) is 0 Å². The van der Waals surface area contributed by atoms with Crippen LogP contribution in [0.15, 0.2) is 54.6 Å². The number of cyclic esters (lactones) is 1. The lowest BCUT2D eigenvalue weighted by atomic mass is 10.0. The van der Waals surface area contributed by atoms with Crippen LogP contribution in [0.4, 0.5) is 16.2 Å².